The third-order valence-corrected chi connectivity index (χ3v) is 4.54. The average molecular weight is 311 g/mol. The zero-order valence-corrected chi connectivity index (χ0v) is 11.5. The van der Waals surface area contributed by atoms with E-state index >= 15 is 0 Å². The highest BCUT2D eigenvalue weighted by molar-refractivity contribution is 7.90. The van der Waals surface area contributed by atoms with Gasteiger partial charge in [0.05, 0.1) is 5.25 Å². The number of hydrogen-bond acceptors (Lipinski definition) is 2. The maximum absolute atomic E-state index is 12.6. The van der Waals surface area contributed by atoms with Crippen LogP contribution in [0.3, 0.4) is 0 Å². The van der Waals surface area contributed by atoms with Crippen molar-refractivity contribution in [3.05, 3.63) is 0 Å². The number of hydrogen-bond donors (Lipinski definition) is 1. The van der Waals surface area contributed by atoms with E-state index in [9.17, 15) is 30.4 Å². The summed E-state index contributed by atoms with van der Waals surface area (Å²) in [5.41, 5.74) is 0. The molecule has 0 aromatic carbocycles. The molecule has 1 N–H and O–H groups in total. The van der Waals surface area contributed by atoms with Crippen molar-refractivity contribution in [2.45, 2.75) is 56.9 Å². The zero-order chi connectivity index (χ0) is 15.3. The van der Waals surface area contributed by atoms with E-state index in [1.54, 1.807) is 0 Å². The molecule has 0 heterocycles. The molecule has 0 aromatic heterocycles. The highest BCUT2D eigenvalue weighted by atomic mass is 32.2. The van der Waals surface area contributed by atoms with Crippen LogP contribution < -0.4 is 4.72 Å². The first-order valence-electron chi connectivity index (χ1n) is 5.87. The van der Waals surface area contributed by atoms with Gasteiger partial charge in [-0.05, 0) is 19.8 Å². The predicted molar refractivity (Wildman–Crippen MR) is 61.5 cm³/mol. The lowest BCUT2D eigenvalue weighted by atomic mass is 10.1. The second-order valence-electron chi connectivity index (χ2n) is 4.34. The van der Waals surface area contributed by atoms with Gasteiger partial charge in [-0.25, -0.2) is 13.1 Å². The fourth-order valence-electron chi connectivity index (χ4n) is 1.21. The Morgan fingerprint density at radius 2 is 1.68 bits per heavy atom. The SMILES string of the molecule is CCCCNS(=O)(=O)C(C)CCC(F)(F)C(F)(F)F. The Balaban J connectivity index is 4.42. The molecule has 0 saturated heterocycles. The van der Waals surface area contributed by atoms with Gasteiger partial charge in [0, 0.05) is 13.0 Å². The number of rotatable bonds is 8. The topological polar surface area (TPSA) is 46.2 Å². The normalized spacial score (nSPS) is 15.5. The monoisotopic (exact) mass is 311 g/mol. The summed E-state index contributed by atoms with van der Waals surface area (Å²) in [6, 6.07) is 0. The molecular formula is C10H18F5NO2S. The standard InChI is InChI=1S/C10H18F5NO2S/c1-3-4-7-16-19(17,18)8(2)5-6-9(11,12)10(13,14)15/h8,16H,3-7H2,1-2H3. The third-order valence-electron chi connectivity index (χ3n) is 2.64. The third kappa shape index (κ3) is 6.03. The van der Waals surface area contributed by atoms with E-state index in [4.69, 9.17) is 0 Å². The summed E-state index contributed by atoms with van der Waals surface area (Å²) in [5, 5.41) is -1.29. The van der Waals surface area contributed by atoms with Crippen LogP contribution in [0.1, 0.15) is 39.5 Å². The fraction of sp³-hybridized carbons (Fsp3) is 1.00. The van der Waals surface area contributed by atoms with Crippen molar-refractivity contribution >= 4 is 10.0 Å². The zero-order valence-electron chi connectivity index (χ0n) is 10.7. The maximum atomic E-state index is 12.6. The molecule has 0 rings (SSSR count). The van der Waals surface area contributed by atoms with Crippen LogP contribution >= 0.6 is 0 Å². The van der Waals surface area contributed by atoms with Gasteiger partial charge in [0.25, 0.3) is 0 Å². The summed E-state index contributed by atoms with van der Waals surface area (Å²) in [5.74, 6) is -4.86. The minimum atomic E-state index is -5.65. The van der Waals surface area contributed by atoms with E-state index < -0.39 is 40.2 Å². The van der Waals surface area contributed by atoms with Gasteiger partial charge in [-0.2, -0.15) is 22.0 Å². The summed E-state index contributed by atoms with van der Waals surface area (Å²) in [4.78, 5) is 0. The second kappa shape index (κ2) is 6.83. The van der Waals surface area contributed by atoms with Gasteiger partial charge in [0.2, 0.25) is 10.0 Å². The van der Waals surface area contributed by atoms with Crippen LogP contribution in [0.5, 0.6) is 0 Å². The minimum absolute atomic E-state index is 0.152. The Hall–Kier alpha value is -0.440. The molecule has 1 atom stereocenters. The van der Waals surface area contributed by atoms with Gasteiger partial charge in [-0.15, -0.1) is 0 Å². The maximum Gasteiger partial charge on any atom is 0.453 e. The highest BCUT2D eigenvalue weighted by Gasteiger charge is 2.56. The van der Waals surface area contributed by atoms with Crippen LogP contribution in [0.2, 0.25) is 0 Å². The first-order valence-corrected chi connectivity index (χ1v) is 7.41. The Bertz CT molecular complexity index is 367. The van der Waals surface area contributed by atoms with Crippen molar-refractivity contribution < 1.29 is 30.4 Å². The van der Waals surface area contributed by atoms with Crippen molar-refractivity contribution in [2.75, 3.05) is 6.54 Å². The Labute approximate surface area is 109 Å². The minimum Gasteiger partial charge on any atom is -0.215 e. The van der Waals surface area contributed by atoms with Gasteiger partial charge in [0.15, 0.2) is 0 Å². The number of alkyl halides is 5. The molecule has 116 valence electrons. The van der Waals surface area contributed by atoms with Gasteiger partial charge in [0.1, 0.15) is 0 Å². The first kappa shape index (κ1) is 18.6. The van der Waals surface area contributed by atoms with Crippen molar-refractivity contribution in [3.8, 4) is 0 Å². The fourth-order valence-corrected chi connectivity index (χ4v) is 2.36. The molecule has 1 unspecified atom stereocenters. The largest absolute Gasteiger partial charge is 0.453 e. The molecule has 0 spiro atoms. The molecule has 0 aliphatic rings. The lowest BCUT2D eigenvalue weighted by Gasteiger charge is -2.21. The summed E-state index contributed by atoms with van der Waals surface area (Å²) >= 11 is 0. The van der Waals surface area contributed by atoms with Crippen LogP contribution in [0.25, 0.3) is 0 Å². The molecule has 19 heavy (non-hydrogen) atoms. The van der Waals surface area contributed by atoms with E-state index in [1.165, 1.54) is 0 Å². The van der Waals surface area contributed by atoms with Gasteiger partial charge >= 0.3 is 12.1 Å². The molecule has 0 fully saturated rings. The van der Waals surface area contributed by atoms with Crippen LogP contribution in [0.15, 0.2) is 0 Å². The van der Waals surface area contributed by atoms with E-state index in [2.05, 4.69) is 4.72 Å². The molecule has 0 aliphatic heterocycles. The average Bonchev–Trinajstić information content (AvgIpc) is 2.24. The second-order valence-corrected chi connectivity index (χ2v) is 6.53. The lowest BCUT2D eigenvalue weighted by Crippen LogP contribution is -2.39. The summed E-state index contributed by atoms with van der Waals surface area (Å²) in [6.07, 6.45) is -6.62. The predicted octanol–water partition coefficient (Wildman–Crippen LogP) is 3.07. The van der Waals surface area contributed by atoms with Gasteiger partial charge in [-0.1, -0.05) is 13.3 Å². The van der Waals surface area contributed by atoms with Crippen molar-refractivity contribution in [1.82, 2.24) is 4.72 Å². The van der Waals surface area contributed by atoms with Crippen LogP contribution in [0.4, 0.5) is 22.0 Å². The number of halogens is 5. The van der Waals surface area contributed by atoms with E-state index in [0.717, 1.165) is 13.3 Å². The summed E-state index contributed by atoms with van der Waals surface area (Å²) in [6.45, 7) is 3.10. The lowest BCUT2D eigenvalue weighted by molar-refractivity contribution is -0.284. The number of nitrogens with one attached hydrogen (secondary N) is 1. The van der Waals surface area contributed by atoms with E-state index in [1.807, 2.05) is 6.92 Å². The Morgan fingerprint density at radius 3 is 2.11 bits per heavy atom. The number of sulfonamides is 1. The smallest absolute Gasteiger partial charge is 0.215 e. The van der Waals surface area contributed by atoms with Crippen molar-refractivity contribution in [1.29, 1.82) is 0 Å². The molecule has 0 radical (unpaired) electrons. The molecule has 0 aliphatic carbocycles. The van der Waals surface area contributed by atoms with Crippen molar-refractivity contribution in [2.24, 2.45) is 0 Å². The molecule has 9 heteroatoms. The Kier molecular flexibility index (Phi) is 6.67. The van der Waals surface area contributed by atoms with Crippen LogP contribution in [0, 0.1) is 0 Å². The van der Waals surface area contributed by atoms with E-state index in [-0.39, 0.29) is 6.54 Å². The molecule has 3 nitrogen and oxygen atoms in total. The summed E-state index contributed by atoms with van der Waals surface area (Å²) in [7, 11) is -3.85. The highest BCUT2D eigenvalue weighted by Crippen LogP contribution is 2.39. The van der Waals surface area contributed by atoms with E-state index in [0.29, 0.717) is 6.42 Å². The quantitative estimate of drug-likeness (QED) is 0.553. The van der Waals surface area contributed by atoms with Crippen LogP contribution in [-0.2, 0) is 10.0 Å². The first-order chi connectivity index (χ1) is 8.44. The van der Waals surface area contributed by atoms with Crippen molar-refractivity contribution in [3.63, 3.8) is 0 Å². The molecule has 0 aromatic rings. The molecule has 0 bridgehead atoms. The summed E-state index contributed by atoms with van der Waals surface area (Å²) < 4.78 is 86.3. The van der Waals surface area contributed by atoms with Gasteiger partial charge < -0.3 is 0 Å². The Morgan fingerprint density at radius 1 is 1.16 bits per heavy atom. The molecule has 0 amide bonds. The van der Waals surface area contributed by atoms with Gasteiger partial charge in [-0.3, -0.25) is 0 Å². The van der Waals surface area contributed by atoms with Crippen LogP contribution in [-0.4, -0.2) is 32.3 Å². The molecule has 0 saturated carbocycles. The molecular weight excluding hydrogens is 293 g/mol. The number of unbranched alkanes of at least 4 members (excludes halogenated alkanes) is 1.